The summed E-state index contributed by atoms with van der Waals surface area (Å²) < 4.78 is 16.0. The van der Waals surface area contributed by atoms with Crippen LogP contribution in [-0.2, 0) is 18.4 Å². The molecule has 2 aromatic heterocycles. The zero-order valence-corrected chi connectivity index (χ0v) is 12.4. The zero-order valence-electron chi connectivity index (χ0n) is 12.4. The van der Waals surface area contributed by atoms with Crippen molar-refractivity contribution in [2.45, 2.75) is 19.9 Å². The van der Waals surface area contributed by atoms with Crippen LogP contribution >= 0.6 is 0 Å². The standard InChI is InChI=1S/C12H14FN7O3/c1-8-10(12(13)18(2)17-8)6-14-16-11(21)3-4-19-7-9(5-15-19)20(22)23/h5-7H,3-4H2,1-2H3,(H,16,21). The van der Waals surface area contributed by atoms with Crippen LogP contribution in [0.25, 0.3) is 0 Å². The van der Waals surface area contributed by atoms with E-state index in [0.29, 0.717) is 5.69 Å². The first kappa shape index (κ1) is 16.3. The number of aryl methyl sites for hydroxylation is 3. The summed E-state index contributed by atoms with van der Waals surface area (Å²) in [6.07, 6.45) is 3.52. The Bertz CT molecular complexity index is 765. The highest BCUT2D eigenvalue weighted by Gasteiger charge is 2.11. The first-order valence-electron chi connectivity index (χ1n) is 6.56. The summed E-state index contributed by atoms with van der Waals surface area (Å²) in [5.41, 5.74) is 2.74. The lowest BCUT2D eigenvalue weighted by molar-refractivity contribution is -0.385. The molecule has 0 fully saturated rings. The highest BCUT2D eigenvalue weighted by atomic mass is 19.1. The molecular weight excluding hydrogens is 309 g/mol. The number of carbonyl (C=O) groups is 1. The van der Waals surface area contributed by atoms with E-state index < -0.39 is 16.8 Å². The molecule has 0 aliphatic rings. The van der Waals surface area contributed by atoms with Gasteiger partial charge in [0.2, 0.25) is 11.9 Å². The van der Waals surface area contributed by atoms with Crippen molar-refractivity contribution >= 4 is 17.8 Å². The molecule has 0 atom stereocenters. The third-order valence-electron chi connectivity index (χ3n) is 2.98. The third-order valence-corrected chi connectivity index (χ3v) is 2.98. The van der Waals surface area contributed by atoms with E-state index in [9.17, 15) is 19.3 Å². The second kappa shape index (κ2) is 6.77. The Kier molecular flexibility index (Phi) is 4.79. The summed E-state index contributed by atoms with van der Waals surface area (Å²) >= 11 is 0. The summed E-state index contributed by atoms with van der Waals surface area (Å²) in [6.45, 7) is 1.78. The molecule has 0 radical (unpaired) electrons. The first-order valence-corrected chi connectivity index (χ1v) is 6.56. The number of nitro groups is 1. The van der Waals surface area contributed by atoms with Crippen LogP contribution in [0.3, 0.4) is 0 Å². The summed E-state index contributed by atoms with van der Waals surface area (Å²) in [7, 11) is 1.46. The van der Waals surface area contributed by atoms with Crippen LogP contribution in [0.2, 0.25) is 0 Å². The molecule has 2 heterocycles. The molecule has 23 heavy (non-hydrogen) atoms. The van der Waals surface area contributed by atoms with Gasteiger partial charge in [-0.25, -0.2) is 10.1 Å². The fourth-order valence-corrected chi connectivity index (χ4v) is 1.80. The van der Waals surface area contributed by atoms with E-state index in [2.05, 4.69) is 20.7 Å². The molecule has 0 bridgehead atoms. The molecule has 11 heteroatoms. The second-order valence-corrected chi connectivity index (χ2v) is 4.68. The largest absolute Gasteiger partial charge is 0.306 e. The van der Waals surface area contributed by atoms with Gasteiger partial charge in [-0.1, -0.05) is 0 Å². The molecular formula is C12H14FN7O3. The van der Waals surface area contributed by atoms with Gasteiger partial charge in [0.25, 0.3) is 0 Å². The molecule has 2 aromatic rings. The Hall–Kier alpha value is -3.11. The zero-order chi connectivity index (χ0) is 17.0. The van der Waals surface area contributed by atoms with Gasteiger partial charge in [-0.15, -0.1) is 0 Å². The van der Waals surface area contributed by atoms with E-state index in [1.807, 2.05) is 0 Å². The number of hydrogen-bond donors (Lipinski definition) is 1. The number of halogens is 1. The number of hydrazone groups is 1. The smallest absolute Gasteiger partial charge is 0.273 e. The van der Waals surface area contributed by atoms with Crippen molar-refractivity contribution in [3.63, 3.8) is 0 Å². The topological polar surface area (TPSA) is 120 Å². The lowest BCUT2D eigenvalue weighted by Gasteiger charge is -2.00. The minimum atomic E-state index is -0.571. The molecule has 0 unspecified atom stereocenters. The number of carbonyl (C=O) groups excluding carboxylic acids is 1. The molecule has 0 saturated heterocycles. The Balaban J connectivity index is 1.85. The van der Waals surface area contributed by atoms with Crippen molar-refractivity contribution < 1.29 is 14.1 Å². The van der Waals surface area contributed by atoms with Gasteiger partial charge in [0.05, 0.1) is 28.9 Å². The second-order valence-electron chi connectivity index (χ2n) is 4.68. The average Bonchev–Trinajstić information content (AvgIpc) is 3.05. The lowest BCUT2D eigenvalue weighted by Crippen LogP contribution is -2.19. The summed E-state index contributed by atoms with van der Waals surface area (Å²) in [6, 6.07) is 0. The first-order chi connectivity index (χ1) is 10.9. The van der Waals surface area contributed by atoms with Crippen molar-refractivity contribution in [2.24, 2.45) is 12.1 Å². The van der Waals surface area contributed by atoms with Crippen molar-refractivity contribution in [2.75, 3.05) is 0 Å². The van der Waals surface area contributed by atoms with Crippen LogP contribution in [0.4, 0.5) is 10.1 Å². The van der Waals surface area contributed by atoms with Crippen LogP contribution < -0.4 is 5.43 Å². The van der Waals surface area contributed by atoms with Crippen molar-refractivity contribution in [3.05, 3.63) is 39.7 Å². The minimum Gasteiger partial charge on any atom is -0.273 e. The van der Waals surface area contributed by atoms with Crippen LogP contribution in [0.1, 0.15) is 17.7 Å². The molecule has 0 aliphatic carbocycles. The number of amides is 1. The monoisotopic (exact) mass is 323 g/mol. The number of hydrogen-bond acceptors (Lipinski definition) is 6. The van der Waals surface area contributed by atoms with Crippen molar-refractivity contribution in [1.82, 2.24) is 25.0 Å². The predicted octanol–water partition coefficient (Wildman–Crippen LogP) is 0.513. The minimum absolute atomic E-state index is 0.0185. The van der Waals surface area contributed by atoms with E-state index >= 15 is 0 Å². The predicted molar refractivity (Wildman–Crippen MR) is 77.1 cm³/mol. The van der Waals surface area contributed by atoms with E-state index in [0.717, 1.165) is 10.9 Å². The van der Waals surface area contributed by atoms with Gasteiger partial charge in [-0.05, 0) is 6.92 Å². The van der Waals surface area contributed by atoms with Crippen LogP contribution in [0.5, 0.6) is 0 Å². The molecule has 2 rings (SSSR count). The molecule has 1 amide bonds. The highest BCUT2D eigenvalue weighted by molar-refractivity contribution is 5.83. The van der Waals surface area contributed by atoms with E-state index in [-0.39, 0.29) is 24.2 Å². The Labute approximate surface area is 129 Å². The highest BCUT2D eigenvalue weighted by Crippen LogP contribution is 2.08. The summed E-state index contributed by atoms with van der Waals surface area (Å²) in [4.78, 5) is 21.5. The maximum absolute atomic E-state index is 13.6. The fraction of sp³-hybridized carbons (Fsp3) is 0.333. The maximum Gasteiger partial charge on any atom is 0.306 e. The van der Waals surface area contributed by atoms with Gasteiger partial charge in [-0.2, -0.15) is 19.7 Å². The van der Waals surface area contributed by atoms with Crippen LogP contribution in [0, 0.1) is 23.0 Å². The van der Waals surface area contributed by atoms with Gasteiger partial charge in [0, 0.05) is 13.5 Å². The molecule has 0 spiro atoms. The number of rotatable bonds is 6. The van der Waals surface area contributed by atoms with Gasteiger partial charge < -0.3 is 0 Å². The Morgan fingerprint density at radius 2 is 2.35 bits per heavy atom. The normalized spacial score (nSPS) is 11.1. The Morgan fingerprint density at radius 1 is 1.61 bits per heavy atom. The van der Waals surface area contributed by atoms with E-state index in [4.69, 9.17) is 0 Å². The molecule has 122 valence electrons. The number of nitrogens with zero attached hydrogens (tertiary/aromatic N) is 6. The number of aromatic nitrogens is 4. The molecule has 0 saturated carbocycles. The molecule has 1 N–H and O–H groups in total. The third kappa shape index (κ3) is 3.96. The lowest BCUT2D eigenvalue weighted by atomic mass is 10.3. The van der Waals surface area contributed by atoms with Gasteiger partial charge in [0.15, 0.2) is 0 Å². The quantitative estimate of drug-likeness (QED) is 0.472. The van der Waals surface area contributed by atoms with Gasteiger partial charge in [0.1, 0.15) is 12.4 Å². The van der Waals surface area contributed by atoms with Crippen LogP contribution in [0.15, 0.2) is 17.5 Å². The van der Waals surface area contributed by atoms with Gasteiger partial charge in [-0.3, -0.25) is 19.6 Å². The molecule has 0 aliphatic heterocycles. The number of nitrogens with one attached hydrogen (secondary N) is 1. The SMILES string of the molecule is Cc1nn(C)c(F)c1C=NNC(=O)CCn1cc([N+](=O)[O-])cn1. The van der Waals surface area contributed by atoms with Crippen molar-refractivity contribution in [3.8, 4) is 0 Å². The molecule has 10 nitrogen and oxygen atoms in total. The summed E-state index contributed by atoms with van der Waals surface area (Å²) in [5.74, 6) is -0.981. The van der Waals surface area contributed by atoms with E-state index in [1.165, 1.54) is 24.1 Å². The van der Waals surface area contributed by atoms with Crippen molar-refractivity contribution in [1.29, 1.82) is 0 Å². The van der Waals surface area contributed by atoms with Crippen LogP contribution in [-0.4, -0.2) is 36.6 Å². The van der Waals surface area contributed by atoms with Gasteiger partial charge >= 0.3 is 5.69 Å². The molecule has 0 aromatic carbocycles. The average molecular weight is 323 g/mol. The fourth-order valence-electron chi connectivity index (χ4n) is 1.80. The maximum atomic E-state index is 13.6. The van der Waals surface area contributed by atoms with E-state index in [1.54, 1.807) is 6.92 Å². The summed E-state index contributed by atoms with van der Waals surface area (Å²) in [5, 5.41) is 21.8. The Morgan fingerprint density at radius 3 is 2.91 bits per heavy atom.